The van der Waals surface area contributed by atoms with Crippen molar-refractivity contribution in [2.45, 2.75) is 44.6 Å². The van der Waals surface area contributed by atoms with Crippen molar-refractivity contribution in [1.29, 1.82) is 0 Å². The molecule has 9 rings (SSSR count). The van der Waals surface area contributed by atoms with E-state index in [2.05, 4.69) is 40.6 Å². The fourth-order valence-electron chi connectivity index (χ4n) is 8.01. The van der Waals surface area contributed by atoms with Crippen LogP contribution in [0.5, 0.6) is 11.5 Å². The highest BCUT2D eigenvalue weighted by Crippen LogP contribution is 2.36. The molecule has 13 nitrogen and oxygen atoms in total. The van der Waals surface area contributed by atoms with E-state index in [1.54, 1.807) is 24.5 Å². The molecule has 1 fully saturated rings. The normalized spacial score (nSPS) is 15.8. The van der Waals surface area contributed by atoms with Gasteiger partial charge >= 0.3 is 0 Å². The molecule has 3 aliphatic rings. The van der Waals surface area contributed by atoms with Crippen LogP contribution in [0.2, 0.25) is 0 Å². The summed E-state index contributed by atoms with van der Waals surface area (Å²) in [5.74, 6) is -1.01. The fraction of sp³-hybridized carbons (Fsp3) is 0.229. The number of nitrogens with zero attached hydrogens (tertiary/aromatic N) is 4. The topological polar surface area (TPSA) is 159 Å². The minimum Gasteiger partial charge on any atom is -0.494 e. The largest absolute Gasteiger partial charge is 0.494 e. The van der Waals surface area contributed by atoms with Gasteiger partial charge in [-0.05, 0) is 83.6 Å². The van der Waals surface area contributed by atoms with Crippen LogP contribution >= 0.6 is 0 Å². The van der Waals surface area contributed by atoms with Crippen molar-refractivity contribution in [3.63, 3.8) is 0 Å². The summed E-state index contributed by atoms with van der Waals surface area (Å²) in [4.78, 5) is 67.6. The van der Waals surface area contributed by atoms with E-state index in [0.29, 0.717) is 39.1 Å². The number of ketones is 1. The lowest BCUT2D eigenvalue weighted by Gasteiger charge is -2.27. The molecule has 4 heterocycles. The van der Waals surface area contributed by atoms with Crippen LogP contribution in [-0.4, -0.2) is 81.5 Å². The lowest BCUT2D eigenvalue weighted by molar-refractivity contribution is -0.136. The van der Waals surface area contributed by atoms with E-state index in [9.17, 15) is 24.0 Å². The summed E-state index contributed by atoms with van der Waals surface area (Å²) < 4.78 is 19.5. The molecule has 0 spiro atoms. The number of Topliss-reactive ketones (excluding diaryl/α,β-unsaturated/α-hetero) is 1. The first-order valence-electron chi connectivity index (χ1n) is 20.4. The number of ether oxygens (including phenoxy) is 3. The van der Waals surface area contributed by atoms with Gasteiger partial charge in [0.15, 0.2) is 5.78 Å². The van der Waals surface area contributed by atoms with Crippen molar-refractivity contribution in [2.24, 2.45) is 0 Å². The van der Waals surface area contributed by atoms with Crippen LogP contribution in [0.15, 0.2) is 116 Å². The van der Waals surface area contributed by atoms with Crippen molar-refractivity contribution < 1.29 is 38.2 Å². The number of benzene rings is 4. The Morgan fingerprint density at radius 3 is 2.13 bits per heavy atom. The second kappa shape index (κ2) is 17.2. The number of rotatable bonds is 15. The number of amides is 4. The van der Waals surface area contributed by atoms with Gasteiger partial charge in [0, 0.05) is 74.2 Å². The molecule has 1 N–H and O–H groups in total. The summed E-state index contributed by atoms with van der Waals surface area (Å²) >= 11 is 0. The molecule has 1 unspecified atom stereocenters. The first kappa shape index (κ1) is 39.2. The van der Waals surface area contributed by atoms with Crippen LogP contribution < -0.4 is 14.8 Å². The molecule has 1 aliphatic carbocycles. The van der Waals surface area contributed by atoms with Gasteiger partial charge in [-0.3, -0.25) is 39.2 Å². The predicted molar refractivity (Wildman–Crippen MR) is 224 cm³/mol. The van der Waals surface area contributed by atoms with E-state index < -0.39 is 29.7 Å². The van der Waals surface area contributed by atoms with Gasteiger partial charge in [-0.2, -0.15) is 5.10 Å². The van der Waals surface area contributed by atoms with Crippen LogP contribution in [0.1, 0.15) is 68.7 Å². The van der Waals surface area contributed by atoms with Gasteiger partial charge in [0.1, 0.15) is 23.2 Å². The van der Waals surface area contributed by atoms with Crippen LogP contribution in [-0.2, 0) is 20.7 Å². The van der Waals surface area contributed by atoms with Crippen LogP contribution in [0, 0.1) is 0 Å². The monoisotopic (exact) mass is 815 g/mol. The van der Waals surface area contributed by atoms with Crippen molar-refractivity contribution >= 4 is 29.4 Å². The fourth-order valence-corrected chi connectivity index (χ4v) is 8.01. The number of hydrogen-bond donors (Lipinski definition) is 1. The standard InChI is InChI=1S/C48H41N5O8/c54-41-18-11-33-28-34(10-16-37(33)41)39-29-52(51-45(39)32-20-22-49-23-21-32)35-12-6-30(7-13-35)31-8-14-36(15-9-31)60-26-2-24-59-25-3-27-61-42-5-1-4-38-44(42)48(58)53(47(38)57)40-17-19-43(55)50-46(40)56/h1,4-10,12-16,20-23,28-29,40H,2-3,11,17-19,24-27H2,(H,50,55,56). The molecule has 13 heteroatoms. The van der Waals surface area contributed by atoms with Gasteiger partial charge in [-0.15, -0.1) is 0 Å². The first-order chi connectivity index (χ1) is 29.8. The molecule has 0 saturated carbocycles. The van der Waals surface area contributed by atoms with E-state index in [1.807, 2.05) is 59.4 Å². The van der Waals surface area contributed by atoms with Gasteiger partial charge < -0.3 is 14.2 Å². The third-order valence-corrected chi connectivity index (χ3v) is 11.1. The zero-order valence-electron chi connectivity index (χ0n) is 33.2. The molecule has 1 saturated heterocycles. The Balaban J connectivity index is 0.732. The van der Waals surface area contributed by atoms with Crippen molar-refractivity contribution in [3.05, 3.63) is 138 Å². The minimum absolute atomic E-state index is 0.0553. The first-order valence-corrected chi connectivity index (χ1v) is 20.4. The highest BCUT2D eigenvalue weighted by molar-refractivity contribution is 6.24. The molecule has 2 aliphatic heterocycles. The maximum absolute atomic E-state index is 13.3. The van der Waals surface area contributed by atoms with Gasteiger partial charge in [0.25, 0.3) is 11.8 Å². The number of pyridine rings is 1. The SMILES string of the molecule is O=C1CCC(N2C(=O)c3cccc(OCCCOCCCOc4ccc(-c5ccc(-n6cc(-c7ccc8c(c7)CCC8=O)c(-c7ccncc7)n6)cc5)cc4)c3C2=O)C(=O)N1. The Labute approximate surface area is 351 Å². The Morgan fingerprint density at radius 2 is 1.38 bits per heavy atom. The highest BCUT2D eigenvalue weighted by Gasteiger charge is 2.46. The van der Waals surface area contributed by atoms with E-state index in [0.717, 1.165) is 67.4 Å². The Hall–Kier alpha value is -7.25. The third kappa shape index (κ3) is 8.07. The Morgan fingerprint density at radius 1 is 0.656 bits per heavy atom. The van der Waals surface area contributed by atoms with Crippen molar-refractivity contribution in [3.8, 4) is 50.7 Å². The number of nitrogens with one attached hydrogen (secondary N) is 1. The number of imide groups is 2. The molecule has 306 valence electrons. The van der Waals surface area contributed by atoms with Crippen molar-refractivity contribution in [2.75, 3.05) is 26.4 Å². The number of piperidine rings is 1. The number of aryl methyl sites for hydroxylation is 1. The van der Waals surface area contributed by atoms with E-state index in [-0.39, 0.29) is 42.1 Å². The number of hydrogen-bond acceptors (Lipinski definition) is 10. The average Bonchev–Trinajstić information content (AvgIpc) is 3.97. The second-order valence-electron chi connectivity index (χ2n) is 15.1. The van der Waals surface area contributed by atoms with Gasteiger partial charge in [-0.25, -0.2) is 4.68 Å². The number of aromatic nitrogens is 3. The highest BCUT2D eigenvalue weighted by atomic mass is 16.5. The summed E-state index contributed by atoms with van der Waals surface area (Å²) in [6.07, 6.45) is 8.28. The Bertz CT molecular complexity index is 2660. The third-order valence-electron chi connectivity index (χ3n) is 11.1. The average molecular weight is 816 g/mol. The van der Waals surface area contributed by atoms with E-state index >= 15 is 0 Å². The smallest absolute Gasteiger partial charge is 0.266 e. The Kier molecular flexibility index (Phi) is 11.0. The van der Waals surface area contributed by atoms with Crippen LogP contribution in [0.4, 0.5) is 0 Å². The summed E-state index contributed by atoms with van der Waals surface area (Å²) in [7, 11) is 0. The quantitative estimate of drug-likeness (QED) is 0.0841. The molecule has 2 aromatic heterocycles. The van der Waals surface area contributed by atoms with Gasteiger partial charge in [0.2, 0.25) is 11.8 Å². The summed E-state index contributed by atoms with van der Waals surface area (Å²) in [5, 5.41) is 7.21. The second-order valence-corrected chi connectivity index (χ2v) is 15.1. The molecule has 4 amide bonds. The molecular weight excluding hydrogens is 775 g/mol. The van der Waals surface area contributed by atoms with E-state index in [4.69, 9.17) is 19.3 Å². The summed E-state index contributed by atoms with van der Waals surface area (Å²) in [5.41, 5.74) is 9.06. The predicted octanol–water partition coefficient (Wildman–Crippen LogP) is 7.05. The van der Waals surface area contributed by atoms with Crippen molar-refractivity contribution in [1.82, 2.24) is 25.0 Å². The maximum Gasteiger partial charge on any atom is 0.266 e. The number of carbonyl (C=O) groups is 5. The number of carbonyl (C=O) groups excluding carboxylic acids is 5. The van der Waals surface area contributed by atoms with Crippen LogP contribution in [0.25, 0.3) is 39.2 Å². The molecule has 0 bridgehead atoms. The number of fused-ring (bicyclic) bond motifs is 2. The van der Waals surface area contributed by atoms with Crippen LogP contribution in [0.3, 0.4) is 0 Å². The lowest BCUT2D eigenvalue weighted by Crippen LogP contribution is -2.54. The minimum atomic E-state index is -1.03. The van der Waals surface area contributed by atoms with Gasteiger partial charge in [-0.1, -0.05) is 48.5 Å². The molecule has 1 atom stereocenters. The summed E-state index contributed by atoms with van der Waals surface area (Å²) in [6, 6.07) is 30.0. The molecule has 4 aromatic carbocycles. The van der Waals surface area contributed by atoms with Gasteiger partial charge in [0.05, 0.1) is 30.0 Å². The zero-order valence-corrected chi connectivity index (χ0v) is 33.2. The molecular formula is C48H41N5O8. The summed E-state index contributed by atoms with van der Waals surface area (Å²) in [6.45, 7) is 1.68. The zero-order chi connectivity index (χ0) is 41.9. The molecule has 6 aromatic rings. The maximum atomic E-state index is 13.3. The molecule has 0 radical (unpaired) electrons. The lowest BCUT2D eigenvalue weighted by atomic mass is 9.98. The van der Waals surface area contributed by atoms with E-state index in [1.165, 1.54) is 6.07 Å². The molecule has 61 heavy (non-hydrogen) atoms.